The number of carbonyl (C=O) groups is 1. The van der Waals surface area contributed by atoms with E-state index in [0.717, 1.165) is 36.5 Å². The van der Waals surface area contributed by atoms with Crippen LogP contribution in [0, 0.1) is 12.3 Å². The molecule has 1 aromatic heterocycles. The number of ether oxygens (including phenoxy) is 1. The van der Waals surface area contributed by atoms with Crippen molar-refractivity contribution in [3.05, 3.63) is 59.8 Å². The fourth-order valence-electron chi connectivity index (χ4n) is 3.59. The minimum absolute atomic E-state index is 0.192. The van der Waals surface area contributed by atoms with Gasteiger partial charge in [-0.1, -0.05) is 36.4 Å². The van der Waals surface area contributed by atoms with Crippen LogP contribution >= 0.6 is 0 Å². The largest absolute Gasteiger partial charge is 0.445 e. The van der Waals surface area contributed by atoms with Crippen molar-refractivity contribution in [2.75, 3.05) is 18.4 Å². The van der Waals surface area contributed by atoms with Crippen molar-refractivity contribution in [1.29, 1.82) is 0 Å². The molecule has 1 aromatic carbocycles. The molecule has 1 saturated carbocycles. The lowest BCUT2D eigenvalue weighted by molar-refractivity contribution is 0.102. The van der Waals surface area contributed by atoms with Gasteiger partial charge in [-0.05, 0) is 37.5 Å². The van der Waals surface area contributed by atoms with Crippen molar-refractivity contribution in [2.45, 2.75) is 32.4 Å². The summed E-state index contributed by atoms with van der Waals surface area (Å²) in [6.45, 7) is 3.74. The van der Waals surface area contributed by atoms with Crippen molar-refractivity contribution in [1.82, 2.24) is 9.88 Å². The number of rotatable bonds is 4. The molecule has 2 aliphatic rings. The third kappa shape index (κ3) is 3.45. The van der Waals surface area contributed by atoms with Crippen LogP contribution in [-0.4, -0.2) is 35.1 Å². The molecule has 1 aliphatic carbocycles. The minimum atomic E-state index is -0.225. The number of hydrogen-bond acceptors (Lipinski definition) is 4. The summed E-state index contributed by atoms with van der Waals surface area (Å²) in [5.41, 5.74) is 2.19. The van der Waals surface area contributed by atoms with Crippen LogP contribution in [0.3, 0.4) is 0 Å². The van der Waals surface area contributed by atoms with Crippen molar-refractivity contribution >= 4 is 11.9 Å². The summed E-state index contributed by atoms with van der Waals surface area (Å²) in [5, 5.41) is 3.53. The number of anilines is 1. The van der Waals surface area contributed by atoms with Crippen LogP contribution in [0.1, 0.15) is 24.1 Å². The van der Waals surface area contributed by atoms with Crippen molar-refractivity contribution in [2.24, 2.45) is 5.41 Å². The van der Waals surface area contributed by atoms with Crippen LogP contribution in [0.2, 0.25) is 0 Å². The smallest absolute Gasteiger partial charge is 0.410 e. The number of aryl methyl sites for hydroxylation is 1. The van der Waals surface area contributed by atoms with E-state index in [0.29, 0.717) is 13.2 Å². The Morgan fingerprint density at radius 1 is 1.24 bits per heavy atom. The summed E-state index contributed by atoms with van der Waals surface area (Å²) < 4.78 is 5.49. The quantitative estimate of drug-likeness (QED) is 0.926. The SMILES string of the molecule is Cc1cccc(N[C@@H]2CN(C(=O)OCc3ccccc3)CC23CC3)n1. The Hall–Kier alpha value is -2.56. The van der Waals surface area contributed by atoms with E-state index < -0.39 is 0 Å². The Morgan fingerprint density at radius 3 is 2.76 bits per heavy atom. The highest BCUT2D eigenvalue weighted by Crippen LogP contribution is 2.53. The van der Waals surface area contributed by atoms with Gasteiger partial charge >= 0.3 is 6.09 Å². The van der Waals surface area contributed by atoms with Gasteiger partial charge in [-0.25, -0.2) is 9.78 Å². The molecule has 2 fully saturated rings. The van der Waals surface area contributed by atoms with Gasteiger partial charge < -0.3 is 15.0 Å². The maximum Gasteiger partial charge on any atom is 0.410 e. The third-order valence-electron chi connectivity index (χ3n) is 5.21. The monoisotopic (exact) mass is 337 g/mol. The van der Waals surface area contributed by atoms with E-state index >= 15 is 0 Å². The molecule has 4 rings (SSSR count). The second kappa shape index (κ2) is 6.39. The first kappa shape index (κ1) is 15.9. The van der Waals surface area contributed by atoms with E-state index in [4.69, 9.17) is 4.74 Å². The first-order valence-corrected chi connectivity index (χ1v) is 8.80. The molecular weight excluding hydrogens is 314 g/mol. The van der Waals surface area contributed by atoms with Gasteiger partial charge in [0.1, 0.15) is 12.4 Å². The van der Waals surface area contributed by atoms with Crippen molar-refractivity contribution in [3.63, 3.8) is 0 Å². The lowest BCUT2D eigenvalue weighted by Gasteiger charge is -2.19. The number of nitrogens with zero attached hydrogens (tertiary/aromatic N) is 2. The zero-order chi connectivity index (χ0) is 17.3. The van der Waals surface area contributed by atoms with E-state index in [-0.39, 0.29) is 17.6 Å². The average molecular weight is 337 g/mol. The highest BCUT2D eigenvalue weighted by atomic mass is 16.6. The first-order valence-electron chi connectivity index (χ1n) is 8.80. The summed E-state index contributed by atoms with van der Waals surface area (Å²) >= 11 is 0. The predicted molar refractivity (Wildman–Crippen MR) is 96.3 cm³/mol. The Balaban J connectivity index is 1.37. The maximum atomic E-state index is 12.4. The summed E-state index contributed by atoms with van der Waals surface area (Å²) in [6.07, 6.45) is 2.08. The lowest BCUT2D eigenvalue weighted by atomic mass is 10.0. The van der Waals surface area contributed by atoms with Gasteiger partial charge in [0.25, 0.3) is 0 Å². The number of amides is 1. The maximum absolute atomic E-state index is 12.4. The minimum Gasteiger partial charge on any atom is -0.445 e. The van der Waals surface area contributed by atoms with Gasteiger partial charge in [-0.15, -0.1) is 0 Å². The molecule has 25 heavy (non-hydrogen) atoms. The topological polar surface area (TPSA) is 54.5 Å². The number of likely N-dealkylation sites (tertiary alicyclic amines) is 1. The van der Waals surface area contributed by atoms with Crippen molar-refractivity contribution in [3.8, 4) is 0 Å². The summed E-state index contributed by atoms with van der Waals surface area (Å²) in [4.78, 5) is 18.8. The molecule has 1 saturated heterocycles. The zero-order valence-electron chi connectivity index (χ0n) is 14.4. The van der Waals surface area contributed by atoms with E-state index in [1.54, 1.807) is 0 Å². The second-order valence-electron chi connectivity index (χ2n) is 7.14. The normalized spacial score (nSPS) is 20.5. The number of hydrogen-bond donors (Lipinski definition) is 1. The van der Waals surface area contributed by atoms with Gasteiger partial charge in [0.15, 0.2) is 0 Å². The lowest BCUT2D eigenvalue weighted by Crippen LogP contribution is -2.32. The summed E-state index contributed by atoms with van der Waals surface area (Å²) in [5.74, 6) is 0.885. The van der Waals surface area contributed by atoms with Gasteiger partial charge in [0.05, 0.1) is 6.04 Å². The van der Waals surface area contributed by atoms with Crippen LogP contribution in [0.5, 0.6) is 0 Å². The standard InChI is InChI=1S/C20H23N3O2/c1-15-6-5-9-18(21-15)22-17-12-23(14-20(17)10-11-20)19(24)25-13-16-7-3-2-4-8-16/h2-9,17H,10-14H2,1H3,(H,21,22)/t17-/m1/s1. The summed E-state index contributed by atoms with van der Waals surface area (Å²) in [7, 11) is 0. The fourth-order valence-corrected chi connectivity index (χ4v) is 3.59. The van der Waals surface area contributed by atoms with Crippen LogP contribution in [0.15, 0.2) is 48.5 Å². The number of benzene rings is 1. The Bertz CT molecular complexity index is 759. The predicted octanol–water partition coefficient (Wildman–Crippen LogP) is 3.60. The number of carbonyl (C=O) groups excluding carboxylic acids is 1. The molecule has 5 nitrogen and oxygen atoms in total. The first-order chi connectivity index (χ1) is 12.1. The van der Waals surface area contributed by atoms with Gasteiger partial charge in [-0.2, -0.15) is 0 Å². The van der Waals surface area contributed by atoms with E-state index in [9.17, 15) is 4.79 Å². The number of pyridine rings is 1. The van der Waals surface area contributed by atoms with E-state index in [1.165, 1.54) is 0 Å². The number of aromatic nitrogens is 1. The highest BCUT2D eigenvalue weighted by molar-refractivity contribution is 5.69. The average Bonchev–Trinajstić information content (AvgIpc) is 3.31. The zero-order valence-corrected chi connectivity index (χ0v) is 14.4. The molecule has 1 spiro atoms. The highest BCUT2D eigenvalue weighted by Gasteiger charge is 2.56. The molecule has 5 heteroatoms. The molecular formula is C20H23N3O2. The van der Waals surface area contributed by atoms with Crippen LogP contribution in [-0.2, 0) is 11.3 Å². The molecule has 1 atom stereocenters. The molecule has 2 aromatic rings. The Morgan fingerprint density at radius 2 is 2.04 bits per heavy atom. The Labute approximate surface area is 148 Å². The molecule has 0 bridgehead atoms. The fraction of sp³-hybridized carbons (Fsp3) is 0.400. The molecule has 2 heterocycles. The van der Waals surface area contributed by atoms with Crippen LogP contribution < -0.4 is 5.32 Å². The van der Waals surface area contributed by atoms with Crippen LogP contribution in [0.4, 0.5) is 10.6 Å². The van der Waals surface area contributed by atoms with Crippen molar-refractivity contribution < 1.29 is 9.53 Å². The molecule has 1 amide bonds. The summed E-state index contributed by atoms with van der Waals surface area (Å²) in [6, 6.07) is 16.0. The Kier molecular flexibility index (Phi) is 4.07. The van der Waals surface area contributed by atoms with Gasteiger partial charge in [0.2, 0.25) is 0 Å². The van der Waals surface area contributed by atoms with Gasteiger partial charge in [0, 0.05) is 24.2 Å². The van der Waals surface area contributed by atoms with E-state index in [1.807, 2.05) is 60.4 Å². The molecule has 0 unspecified atom stereocenters. The molecule has 0 radical (unpaired) electrons. The van der Waals surface area contributed by atoms with Crippen LogP contribution in [0.25, 0.3) is 0 Å². The molecule has 130 valence electrons. The number of nitrogens with one attached hydrogen (secondary N) is 1. The van der Waals surface area contributed by atoms with E-state index in [2.05, 4.69) is 10.3 Å². The van der Waals surface area contributed by atoms with Gasteiger partial charge in [-0.3, -0.25) is 0 Å². The molecule has 1 N–H and O–H groups in total. The third-order valence-corrected chi connectivity index (χ3v) is 5.21. The molecule has 1 aliphatic heterocycles. The second-order valence-corrected chi connectivity index (χ2v) is 7.14.